The Morgan fingerprint density at radius 1 is 1.27 bits per heavy atom. The summed E-state index contributed by atoms with van der Waals surface area (Å²) < 4.78 is 36.6. The van der Waals surface area contributed by atoms with Crippen LogP contribution in [0.3, 0.4) is 0 Å². The Kier molecular flexibility index (Phi) is 6.34. The average molecular weight is 380 g/mol. The number of rotatable bonds is 5. The van der Waals surface area contributed by atoms with E-state index in [2.05, 4.69) is 4.74 Å². The maximum Gasteiger partial charge on any atom is 0.339 e. The van der Waals surface area contributed by atoms with Crippen molar-refractivity contribution in [2.24, 2.45) is 5.92 Å². The van der Waals surface area contributed by atoms with Gasteiger partial charge in [-0.3, -0.25) is 4.79 Å². The van der Waals surface area contributed by atoms with Crippen LogP contribution in [0.2, 0.25) is 0 Å². The first-order valence-corrected chi connectivity index (χ1v) is 9.53. The number of piperidine rings is 1. The molecule has 0 N–H and O–H groups in total. The van der Waals surface area contributed by atoms with Crippen LogP contribution in [0.25, 0.3) is 0 Å². The van der Waals surface area contributed by atoms with Crippen LogP contribution in [0, 0.1) is 17.2 Å². The van der Waals surface area contributed by atoms with E-state index in [0.717, 1.165) is 0 Å². The van der Waals surface area contributed by atoms with Crippen molar-refractivity contribution in [2.45, 2.75) is 30.8 Å². The molecule has 1 unspecified atom stereocenters. The minimum atomic E-state index is -3.90. The molecule has 8 nitrogen and oxygen atoms in total. The molecule has 1 atom stereocenters. The smallest absolute Gasteiger partial charge is 0.339 e. The molecule has 9 heteroatoms. The van der Waals surface area contributed by atoms with Crippen molar-refractivity contribution in [3.63, 3.8) is 0 Å². The maximum atomic E-state index is 12.9. The van der Waals surface area contributed by atoms with Crippen LogP contribution in [0.15, 0.2) is 29.2 Å². The third-order valence-electron chi connectivity index (χ3n) is 4.17. The summed E-state index contributed by atoms with van der Waals surface area (Å²) in [5, 5.41) is 8.70. The molecular weight excluding hydrogens is 360 g/mol. The van der Waals surface area contributed by atoms with Crippen LogP contribution < -0.4 is 0 Å². The maximum absolute atomic E-state index is 12.9. The van der Waals surface area contributed by atoms with Crippen LogP contribution in [0.4, 0.5) is 0 Å². The standard InChI is InChI=1S/C17H20N2O6S/c1-12(11-18)25-16(20)13-7-9-19(10-8-13)26(22,23)15-6-4-3-5-14(15)17(21)24-2/h3-6,12-13H,7-10H2,1-2H3. The SMILES string of the molecule is COC(=O)c1ccccc1S(=O)(=O)N1CCC(C(=O)OC(C)C#N)CC1. The van der Waals surface area contributed by atoms with E-state index in [0.29, 0.717) is 0 Å². The van der Waals surface area contributed by atoms with E-state index in [1.165, 1.54) is 36.5 Å². The zero-order valence-electron chi connectivity index (χ0n) is 14.5. The van der Waals surface area contributed by atoms with Gasteiger partial charge in [0.05, 0.1) is 23.5 Å². The van der Waals surface area contributed by atoms with Crippen LogP contribution in [-0.4, -0.2) is 51.0 Å². The lowest BCUT2D eigenvalue weighted by molar-refractivity contribution is -0.152. The molecule has 0 spiro atoms. The monoisotopic (exact) mass is 380 g/mol. The summed E-state index contributed by atoms with van der Waals surface area (Å²) in [6, 6.07) is 7.67. The molecule has 1 aliphatic rings. The first kappa shape index (κ1) is 19.9. The summed E-state index contributed by atoms with van der Waals surface area (Å²) in [6.07, 6.45) is -0.260. The molecule has 0 saturated carbocycles. The molecule has 0 aromatic heterocycles. The lowest BCUT2D eigenvalue weighted by atomic mass is 9.98. The number of sulfonamides is 1. The number of carbonyl (C=O) groups excluding carboxylic acids is 2. The van der Waals surface area contributed by atoms with Gasteiger partial charge in [-0.25, -0.2) is 13.2 Å². The molecule has 1 aliphatic heterocycles. The molecule has 140 valence electrons. The van der Waals surface area contributed by atoms with Crippen molar-refractivity contribution in [1.29, 1.82) is 5.26 Å². The summed E-state index contributed by atoms with van der Waals surface area (Å²) in [5.74, 6) is -1.67. The predicted octanol–water partition coefficient (Wildman–Crippen LogP) is 1.33. The highest BCUT2D eigenvalue weighted by Gasteiger charge is 2.35. The molecule has 0 aliphatic carbocycles. The molecule has 0 bridgehead atoms. The second-order valence-electron chi connectivity index (χ2n) is 5.87. The van der Waals surface area contributed by atoms with Gasteiger partial charge in [0.2, 0.25) is 10.0 Å². The summed E-state index contributed by atoms with van der Waals surface area (Å²) in [6.45, 7) is 1.72. The third kappa shape index (κ3) is 4.20. The fraction of sp³-hybridized carbons (Fsp3) is 0.471. The number of hydrogen-bond donors (Lipinski definition) is 0. The van der Waals surface area contributed by atoms with Crippen LogP contribution >= 0.6 is 0 Å². The van der Waals surface area contributed by atoms with Crippen LogP contribution in [-0.2, 0) is 24.3 Å². The van der Waals surface area contributed by atoms with E-state index in [4.69, 9.17) is 10.00 Å². The summed E-state index contributed by atoms with van der Waals surface area (Å²) >= 11 is 0. The number of hydrogen-bond acceptors (Lipinski definition) is 7. The van der Waals surface area contributed by atoms with Crippen molar-refractivity contribution in [3.05, 3.63) is 29.8 Å². The highest BCUT2D eigenvalue weighted by Crippen LogP contribution is 2.27. The van der Waals surface area contributed by atoms with Gasteiger partial charge < -0.3 is 9.47 Å². The number of esters is 2. The minimum Gasteiger partial charge on any atom is -0.465 e. The normalized spacial score (nSPS) is 17.1. The van der Waals surface area contributed by atoms with Gasteiger partial charge in [-0.1, -0.05) is 12.1 Å². The molecule has 26 heavy (non-hydrogen) atoms. The molecule has 0 radical (unpaired) electrons. The third-order valence-corrected chi connectivity index (χ3v) is 6.13. The van der Waals surface area contributed by atoms with E-state index in [1.807, 2.05) is 6.07 Å². The van der Waals surface area contributed by atoms with E-state index in [9.17, 15) is 18.0 Å². The fourth-order valence-electron chi connectivity index (χ4n) is 2.74. The Hall–Kier alpha value is -2.44. The Balaban J connectivity index is 2.13. The van der Waals surface area contributed by atoms with Gasteiger partial charge in [0.1, 0.15) is 6.07 Å². The van der Waals surface area contributed by atoms with E-state index >= 15 is 0 Å². The first-order chi connectivity index (χ1) is 12.3. The second kappa shape index (κ2) is 8.29. The Morgan fingerprint density at radius 3 is 2.46 bits per heavy atom. The van der Waals surface area contributed by atoms with Gasteiger partial charge in [0.25, 0.3) is 0 Å². The zero-order chi connectivity index (χ0) is 19.3. The van der Waals surface area contributed by atoms with Crippen LogP contribution in [0.1, 0.15) is 30.1 Å². The second-order valence-corrected chi connectivity index (χ2v) is 7.78. The average Bonchev–Trinajstić information content (AvgIpc) is 2.67. The molecule has 0 amide bonds. The molecule has 1 heterocycles. The lowest BCUT2D eigenvalue weighted by Gasteiger charge is -2.30. The Bertz CT molecular complexity index is 822. The van der Waals surface area contributed by atoms with Crippen LogP contribution in [0.5, 0.6) is 0 Å². The Morgan fingerprint density at radius 2 is 1.88 bits per heavy atom. The van der Waals surface area contributed by atoms with Gasteiger partial charge >= 0.3 is 11.9 Å². The Labute approximate surface area is 152 Å². The van der Waals surface area contributed by atoms with Crippen molar-refractivity contribution >= 4 is 22.0 Å². The number of benzene rings is 1. The topological polar surface area (TPSA) is 114 Å². The number of nitriles is 1. The van der Waals surface area contributed by atoms with E-state index < -0.39 is 34.0 Å². The van der Waals surface area contributed by atoms with Gasteiger partial charge in [0.15, 0.2) is 6.10 Å². The van der Waals surface area contributed by atoms with Crippen molar-refractivity contribution < 1.29 is 27.5 Å². The molecule has 1 aromatic rings. The fourth-order valence-corrected chi connectivity index (χ4v) is 4.39. The zero-order valence-corrected chi connectivity index (χ0v) is 15.4. The summed E-state index contributed by atoms with van der Waals surface area (Å²) in [4.78, 5) is 23.7. The molecule has 1 saturated heterocycles. The van der Waals surface area contributed by atoms with Crippen molar-refractivity contribution in [2.75, 3.05) is 20.2 Å². The summed E-state index contributed by atoms with van der Waals surface area (Å²) in [7, 11) is -2.71. The number of methoxy groups -OCH3 is 1. The van der Waals surface area contributed by atoms with Gasteiger partial charge in [-0.15, -0.1) is 0 Å². The van der Waals surface area contributed by atoms with Crippen molar-refractivity contribution in [3.8, 4) is 6.07 Å². The highest BCUT2D eigenvalue weighted by molar-refractivity contribution is 7.89. The number of nitrogens with zero attached hydrogens (tertiary/aromatic N) is 2. The largest absolute Gasteiger partial charge is 0.465 e. The molecule has 1 fully saturated rings. The van der Waals surface area contributed by atoms with E-state index in [1.54, 1.807) is 6.07 Å². The van der Waals surface area contributed by atoms with Gasteiger partial charge in [0, 0.05) is 13.1 Å². The summed E-state index contributed by atoms with van der Waals surface area (Å²) in [5.41, 5.74) is -0.0284. The first-order valence-electron chi connectivity index (χ1n) is 8.09. The van der Waals surface area contributed by atoms with Crippen molar-refractivity contribution in [1.82, 2.24) is 4.31 Å². The molecule has 1 aromatic carbocycles. The number of ether oxygens (including phenoxy) is 2. The molecule has 2 rings (SSSR count). The minimum absolute atomic E-state index is 0.0284. The molecular formula is C17H20N2O6S. The predicted molar refractivity (Wildman–Crippen MR) is 90.4 cm³/mol. The highest BCUT2D eigenvalue weighted by atomic mass is 32.2. The van der Waals surface area contributed by atoms with Gasteiger partial charge in [-0.05, 0) is 31.9 Å². The quantitative estimate of drug-likeness (QED) is 0.708. The van der Waals surface area contributed by atoms with E-state index in [-0.39, 0.29) is 36.4 Å². The lowest BCUT2D eigenvalue weighted by Crippen LogP contribution is -2.41. The van der Waals surface area contributed by atoms with Gasteiger partial charge in [-0.2, -0.15) is 9.57 Å². The number of carbonyl (C=O) groups is 2.